The van der Waals surface area contributed by atoms with E-state index in [1.54, 1.807) is 11.3 Å². The summed E-state index contributed by atoms with van der Waals surface area (Å²) in [5.74, 6) is -0.284. The number of hydrogen-bond acceptors (Lipinski definition) is 6. The Bertz CT molecular complexity index is 923. The summed E-state index contributed by atoms with van der Waals surface area (Å²) in [7, 11) is 0. The molecule has 2 fully saturated rings. The van der Waals surface area contributed by atoms with E-state index in [2.05, 4.69) is 10.3 Å². The van der Waals surface area contributed by atoms with Crippen molar-refractivity contribution in [2.45, 2.75) is 63.8 Å². The van der Waals surface area contributed by atoms with Crippen LogP contribution in [0.4, 0.5) is 0 Å². The Morgan fingerprint density at radius 3 is 2.65 bits per heavy atom. The maximum Gasteiger partial charge on any atom is 0.243 e. The van der Waals surface area contributed by atoms with Gasteiger partial charge in [0, 0.05) is 19.5 Å². The van der Waals surface area contributed by atoms with E-state index in [9.17, 15) is 14.7 Å². The molecule has 2 amide bonds. The van der Waals surface area contributed by atoms with Crippen LogP contribution in [0.2, 0.25) is 0 Å². The van der Waals surface area contributed by atoms with Gasteiger partial charge in [-0.15, -0.1) is 11.3 Å². The molecule has 1 saturated carbocycles. The molecule has 3 unspecified atom stereocenters. The highest BCUT2D eigenvalue weighted by atomic mass is 32.1. The number of aryl methyl sites for hydroxylation is 1. The third-order valence-electron chi connectivity index (χ3n) is 6.49. The summed E-state index contributed by atoms with van der Waals surface area (Å²) in [6.07, 6.45) is 3.66. The summed E-state index contributed by atoms with van der Waals surface area (Å²) in [4.78, 5) is 32.7. The minimum Gasteiger partial charge on any atom is -0.391 e. The summed E-state index contributed by atoms with van der Waals surface area (Å²) in [5, 5.41) is 13.1. The average Bonchev–Trinajstić information content (AvgIpc) is 3.52. The van der Waals surface area contributed by atoms with Crippen molar-refractivity contribution < 1.29 is 14.7 Å². The maximum absolute atomic E-state index is 13.0. The van der Waals surface area contributed by atoms with Crippen molar-refractivity contribution in [1.82, 2.24) is 15.2 Å². The minimum absolute atomic E-state index is 0.167. The Kier molecular flexibility index (Phi) is 6.69. The molecule has 4 rings (SSSR count). The lowest BCUT2D eigenvalue weighted by atomic mass is 9.97. The predicted octanol–water partition coefficient (Wildman–Crippen LogP) is 2.21. The van der Waals surface area contributed by atoms with E-state index < -0.39 is 18.2 Å². The molecule has 1 aromatic carbocycles. The van der Waals surface area contributed by atoms with Gasteiger partial charge in [-0.25, -0.2) is 4.98 Å². The van der Waals surface area contributed by atoms with Crippen LogP contribution in [0.1, 0.15) is 43.4 Å². The molecule has 2 aliphatic rings. The molecule has 0 radical (unpaired) electrons. The number of hydrogen-bond donors (Lipinski definition) is 3. The van der Waals surface area contributed by atoms with Crippen LogP contribution in [0.25, 0.3) is 10.4 Å². The lowest BCUT2D eigenvalue weighted by molar-refractivity contribution is -0.140. The summed E-state index contributed by atoms with van der Waals surface area (Å²) >= 11 is 1.61. The zero-order valence-corrected chi connectivity index (χ0v) is 18.6. The number of likely N-dealkylation sites (tertiary alicyclic amines) is 1. The zero-order chi connectivity index (χ0) is 22.0. The van der Waals surface area contributed by atoms with Crippen LogP contribution < -0.4 is 11.1 Å². The van der Waals surface area contributed by atoms with E-state index >= 15 is 0 Å². The van der Waals surface area contributed by atoms with Gasteiger partial charge in [0.15, 0.2) is 0 Å². The molecular formula is C23H30N4O3S. The number of nitrogens with zero attached hydrogens (tertiary/aromatic N) is 2. The van der Waals surface area contributed by atoms with E-state index in [4.69, 9.17) is 5.73 Å². The lowest BCUT2D eigenvalue weighted by Crippen LogP contribution is -2.53. The second kappa shape index (κ2) is 9.46. The molecule has 8 heteroatoms. The fourth-order valence-corrected chi connectivity index (χ4v) is 5.49. The summed E-state index contributed by atoms with van der Waals surface area (Å²) in [5.41, 5.74) is 11.1. The quantitative estimate of drug-likeness (QED) is 0.636. The van der Waals surface area contributed by atoms with Crippen molar-refractivity contribution in [3.63, 3.8) is 0 Å². The number of aromatic nitrogens is 1. The van der Waals surface area contributed by atoms with Crippen LogP contribution in [0.5, 0.6) is 0 Å². The van der Waals surface area contributed by atoms with Gasteiger partial charge in [-0.1, -0.05) is 37.1 Å². The van der Waals surface area contributed by atoms with Gasteiger partial charge in [0.1, 0.15) is 6.04 Å². The Labute approximate surface area is 186 Å². The molecule has 0 spiro atoms. The highest BCUT2D eigenvalue weighted by Crippen LogP contribution is 2.30. The molecule has 1 aliphatic carbocycles. The van der Waals surface area contributed by atoms with Crippen LogP contribution in [0.15, 0.2) is 29.8 Å². The molecule has 1 saturated heterocycles. The molecule has 3 atom stereocenters. The van der Waals surface area contributed by atoms with Gasteiger partial charge in [0.2, 0.25) is 11.8 Å². The third kappa shape index (κ3) is 4.81. The van der Waals surface area contributed by atoms with Gasteiger partial charge in [-0.3, -0.25) is 9.59 Å². The largest absolute Gasteiger partial charge is 0.391 e. The number of rotatable bonds is 6. The number of nitrogens with two attached hydrogens (primary N) is 1. The minimum atomic E-state index is -0.697. The predicted molar refractivity (Wildman–Crippen MR) is 120 cm³/mol. The second-order valence-electron chi connectivity index (χ2n) is 8.65. The number of amides is 2. The van der Waals surface area contributed by atoms with Crippen LogP contribution in [-0.2, 0) is 16.1 Å². The molecule has 2 aromatic rings. The van der Waals surface area contributed by atoms with Gasteiger partial charge in [0.25, 0.3) is 0 Å². The van der Waals surface area contributed by atoms with Gasteiger partial charge in [-0.05, 0) is 36.8 Å². The van der Waals surface area contributed by atoms with Gasteiger partial charge >= 0.3 is 0 Å². The van der Waals surface area contributed by atoms with E-state index in [0.29, 0.717) is 6.54 Å². The molecule has 4 N–H and O–H groups in total. The lowest BCUT2D eigenvalue weighted by Gasteiger charge is -2.28. The maximum atomic E-state index is 13.0. The highest BCUT2D eigenvalue weighted by Gasteiger charge is 2.42. The smallest absolute Gasteiger partial charge is 0.243 e. The number of carbonyl (C=O) groups excluding carboxylic acids is 2. The molecule has 166 valence electrons. The first kappa shape index (κ1) is 21.9. The molecule has 1 aromatic heterocycles. The van der Waals surface area contributed by atoms with Crippen LogP contribution in [-0.4, -0.2) is 51.5 Å². The number of carbonyl (C=O) groups is 2. The summed E-state index contributed by atoms with van der Waals surface area (Å²) in [6.45, 7) is 2.52. The highest BCUT2D eigenvalue weighted by molar-refractivity contribution is 7.13. The number of benzene rings is 1. The van der Waals surface area contributed by atoms with Crippen LogP contribution in [0, 0.1) is 12.8 Å². The van der Waals surface area contributed by atoms with Crippen LogP contribution in [0.3, 0.4) is 0 Å². The molecule has 1 aliphatic heterocycles. The Morgan fingerprint density at radius 2 is 2.00 bits per heavy atom. The number of aliphatic hydroxyl groups excluding tert-OH is 1. The normalized spacial score (nSPS) is 22.6. The second-order valence-corrected chi connectivity index (χ2v) is 9.50. The van der Waals surface area contributed by atoms with Crippen molar-refractivity contribution in [3.8, 4) is 10.4 Å². The number of β-amino-alcohol motifs (C(OH)–C–C–N with tert-alkyl or cyclic N) is 1. The number of aliphatic hydroxyl groups is 1. The average molecular weight is 443 g/mol. The van der Waals surface area contributed by atoms with E-state index in [1.807, 2.05) is 36.7 Å². The number of nitrogens with one attached hydrogen (secondary N) is 1. The first-order chi connectivity index (χ1) is 14.9. The zero-order valence-electron chi connectivity index (χ0n) is 17.8. The van der Waals surface area contributed by atoms with Gasteiger partial charge < -0.3 is 21.1 Å². The van der Waals surface area contributed by atoms with E-state index in [0.717, 1.165) is 47.4 Å². The fraction of sp³-hybridized carbons (Fsp3) is 0.522. The standard InChI is InChI=1S/C23H30N4O3S/c1-14-21(31-13-26-14)17-8-6-15(7-9-17)11-25-22(29)19-10-18(28)12-27(19)23(30)20(24)16-4-2-3-5-16/h6-9,13,16,18-20,28H,2-5,10-12,24H2,1H3,(H,25,29). The van der Waals surface area contributed by atoms with E-state index in [-0.39, 0.29) is 30.7 Å². The summed E-state index contributed by atoms with van der Waals surface area (Å²) < 4.78 is 0. The van der Waals surface area contributed by atoms with Gasteiger partial charge in [0.05, 0.1) is 28.2 Å². The molecular weight excluding hydrogens is 412 g/mol. The van der Waals surface area contributed by atoms with Crippen molar-refractivity contribution in [3.05, 3.63) is 41.0 Å². The third-order valence-corrected chi connectivity index (χ3v) is 7.46. The van der Waals surface area contributed by atoms with Crippen molar-refractivity contribution >= 4 is 23.2 Å². The molecule has 31 heavy (non-hydrogen) atoms. The van der Waals surface area contributed by atoms with Crippen LogP contribution >= 0.6 is 11.3 Å². The molecule has 7 nitrogen and oxygen atoms in total. The topological polar surface area (TPSA) is 109 Å². The Hall–Kier alpha value is -2.29. The monoisotopic (exact) mass is 442 g/mol. The first-order valence-electron chi connectivity index (χ1n) is 10.9. The van der Waals surface area contributed by atoms with Gasteiger partial charge in [-0.2, -0.15) is 0 Å². The Morgan fingerprint density at radius 1 is 1.29 bits per heavy atom. The molecule has 2 heterocycles. The fourth-order valence-electron chi connectivity index (χ4n) is 4.68. The first-order valence-corrected chi connectivity index (χ1v) is 11.8. The van der Waals surface area contributed by atoms with Crippen molar-refractivity contribution in [1.29, 1.82) is 0 Å². The van der Waals surface area contributed by atoms with Crippen molar-refractivity contribution in [2.75, 3.05) is 6.54 Å². The SMILES string of the molecule is Cc1ncsc1-c1ccc(CNC(=O)C2CC(O)CN2C(=O)C(N)C2CCCC2)cc1. The van der Waals surface area contributed by atoms with E-state index in [1.165, 1.54) is 4.90 Å². The molecule has 0 bridgehead atoms. The van der Waals surface area contributed by atoms with Crippen molar-refractivity contribution in [2.24, 2.45) is 11.7 Å². The number of thiazole rings is 1. The summed E-state index contributed by atoms with van der Waals surface area (Å²) in [6, 6.07) is 6.75. The Balaban J connectivity index is 1.36.